The number of aliphatic imine (C=N–C) groups is 1. The van der Waals surface area contributed by atoms with Crippen molar-refractivity contribution >= 4 is 23.0 Å². The van der Waals surface area contributed by atoms with Gasteiger partial charge in [-0.15, -0.1) is 0 Å². The van der Waals surface area contributed by atoms with Crippen LogP contribution in [0.4, 0.5) is 0 Å². The molecule has 161 valence electrons. The summed E-state index contributed by atoms with van der Waals surface area (Å²) in [6.45, 7) is 3.54. The molecule has 0 aliphatic heterocycles. The first-order valence-electron chi connectivity index (χ1n) is 9.33. The third-order valence-electron chi connectivity index (χ3n) is 4.02. The van der Waals surface area contributed by atoms with Crippen LogP contribution in [0.3, 0.4) is 0 Å². The van der Waals surface area contributed by atoms with Gasteiger partial charge in [-0.2, -0.15) is 0 Å². The van der Waals surface area contributed by atoms with E-state index in [1.807, 2.05) is 30.3 Å². The molecule has 1 radical (unpaired) electrons. The van der Waals surface area contributed by atoms with E-state index in [-0.39, 0.29) is 34.5 Å². The Hall–Kier alpha value is -2.70. The van der Waals surface area contributed by atoms with Gasteiger partial charge in [-0.25, -0.2) is 0 Å². The van der Waals surface area contributed by atoms with Crippen LogP contribution in [-0.2, 0) is 17.1 Å². The van der Waals surface area contributed by atoms with Gasteiger partial charge in [-0.1, -0.05) is 72.5 Å². The number of rotatable bonds is 7. The third-order valence-corrected chi connectivity index (χ3v) is 4.02. The average molecular weight is 456 g/mol. The summed E-state index contributed by atoms with van der Waals surface area (Å²) in [6.07, 6.45) is 1.29. The van der Waals surface area contributed by atoms with Crippen molar-refractivity contribution in [3.63, 3.8) is 0 Å². The summed E-state index contributed by atoms with van der Waals surface area (Å²) >= 11 is 0. The molecule has 0 bridgehead atoms. The first-order valence-corrected chi connectivity index (χ1v) is 9.33. The van der Waals surface area contributed by atoms with Gasteiger partial charge in [0.05, 0.1) is 18.6 Å². The van der Waals surface area contributed by atoms with Gasteiger partial charge in [0.1, 0.15) is 0 Å². The summed E-state index contributed by atoms with van der Waals surface area (Å²) in [5.41, 5.74) is 0.858. The Kier molecular flexibility index (Phi) is 11.4. The van der Waals surface area contributed by atoms with Crippen molar-refractivity contribution in [2.24, 2.45) is 4.99 Å². The minimum absolute atomic E-state index is 0. The van der Waals surface area contributed by atoms with Crippen molar-refractivity contribution in [3.8, 4) is 5.75 Å². The number of aliphatic hydroxyl groups is 1. The maximum Gasteiger partial charge on any atom is 2.00 e. The normalized spacial score (nSPS) is 11.4. The van der Waals surface area contributed by atoms with Gasteiger partial charge in [-0.05, 0) is 28.8 Å². The molecule has 2 N–H and O–H groups in total. The average Bonchev–Trinajstić information content (AvgIpc) is 2.73. The number of benzene rings is 3. The zero-order valence-corrected chi connectivity index (χ0v) is 17.5. The van der Waals surface area contributed by atoms with E-state index in [9.17, 15) is 15.0 Å². The number of carboxylic acids is 1. The summed E-state index contributed by atoms with van der Waals surface area (Å²) in [4.78, 5) is 14.4. The number of carboxylic acid groups (broad SMARTS) is 1. The van der Waals surface area contributed by atoms with Crippen LogP contribution in [0.5, 0.6) is 5.75 Å². The Labute approximate surface area is 186 Å². The van der Waals surface area contributed by atoms with E-state index in [1.165, 1.54) is 12.1 Å². The van der Waals surface area contributed by atoms with Crippen molar-refractivity contribution in [1.29, 1.82) is 0 Å². The molecular formula is C23H24CuN2O4. The smallest absolute Gasteiger partial charge is 0.872 e. The van der Waals surface area contributed by atoms with Crippen molar-refractivity contribution < 1.29 is 37.2 Å². The molecule has 0 spiro atoms. The summed E-state index contributed by atoms with van der Waals surface area (Å²) in [5, 5.41) is 36.1. The van der Waals surface area contributed by atoms with E-state index in [0.717, 1.165) is 10.8 Å². The number of nitrogens with one attached hydrogen (secondary N) is 1. The molecule has 0 fully saturated rings. The molecule has 30 heavy (non-hydrogen) atoms. The maximum atomic E-state index is 11.9. The Balaban J connectivity index is 0.000000379. The first kappa shape index (κ1) is 25.3. The van der Waals surface area contributed by atoms with Crippen LogP contribution < -0.4 is 15.5 Å². The molecule has 6 nitrogen and oxygen atoms in total. The molecule has 0 aromatic heterocycles. The van der Waals surface area contributed by atoms with Crippen molar-refractivity contribution in [2.45, 2.75) is 13.0 Å². The van der Waals surface area contributed by atoms with Crippen molar-refractivity contribution in [2.75, 3.05) is 19.6 Å². The second kappa shape index (κ2) is 13.5. The fourth-order valence-electron chi connectivity index (χ4n) is 2.59. The summed E-state index contributed by atoms with van der Waals surface area (Å²) in [7, 11) is 0. The molecule has 0 amide bonds. The van der Waals surface area contributed by atoms with Crippen LogP contribution in [0.25, 0.3) is 10.8 Å². The maximum absolute atomic E-state index is 11.9. The standard InChI is InChI=1S/C16H20N2O2.C7H6O2.Cu/c1-12(19)10-17-8-9-18-11-15-14-5-3-2-4-13(14)6-7-16(15)20;8-7(9)6-4-2-1-3-5-6;/h2-7,11-12,17,19-20H,8-10H2,1H3;1-5H,(H,8,9);/q;;+2/p-2/t12-;;/m0../s1. The molecular weight excluding hydrogens is 432 g/mol. The van der Waals surface area contributed by atoms with Crippen LogP contribution in [0.2, 0.25) is 0 Å². The minimum Gasteiger partial charge on any atom is -0.872 e. The first-order chi connectivity index (χ1) is 14.0. The van der Waals surface area contributed by atoms with Gasteiger partial charge in [0, 0.05) is 19.3 Å². The van der Waals surface area contributed by atoms with Crippen LogP contribution in [-0.4, -0.2) is 43.0 Å². The number of carbonyl (C=O) groups excluding carboxylic acids is 1. The Bertz CT molecular complexity index is 946. The molecule has 0 saturated carbocycles. The topological polar surface area (TPSA) is 108 Å². The second-order valence-electron chi connectivity index (χ2n) is 6.44. The zero-order chi connectivity index (χ0) is 21.1. The number of hydrogen-bond donors (Lipinski definition) is 2. The van der Waals surface area contributed by atoms with E-state index in [4.69, 9.17) is 5.11 Å². The molecule has 0 heterocycles. The third kappa shape index (κ3) is 8.35. The Morgan fingerprint density at radius 1 is 1.10 bits per heavy atom. The van der Waals surface area contributed by atoms with Crippen molar-refractivity contribution in [1.82, 2.24) is 5.32 Å². The number of aromatic carboxylic acids is 1. The van der Waals surface area contributed by atoms with E-state index in [0.29, 0.717) is 25.2 Å². The predicted molar refractivity (Wildman–Crippen MR) is 111 cm³/mol. The fraction of sp³-hybridized carbons (Fsp3) is 0.217. The van der Waals surface area contributed by atoms with Gasteiger partial charge in [-0.3, -0.25) is 4.99 Å². The van der Waals surface area contributed by atoms with Crippen LogP contribution in [0.15, 0.2) is 71.7 Å². The monoisotopic (exact) mass is 455 g/mol. The molecule has 0 aliphatic rings. The summed E-state index contributed by atoms with van der Waals surface area (Å²) < 4.78 is 0. The number of hydrogen-bond acceptors (Lipinski definition) is 6. The van der Waals surface area contributed by atoms with Gasteiger partial charge in [0.25, 0.3) is 0 Å². The van der Waals surface area contributed by atoms with Gasteiger partial charge in [0.15, 0.2) is 0 Å². The Morgan fingerprint density at radius 3 is 2.40 bits per heavy atom. The summed E-state index contributed by atoms with van der Waals surface area (Å²) in [5.74, 6) is -1.14. The molecule has 1 atom stereocenters. The second-order valence-corrected chi connectivity index (χ2v) is 6.44. The van der Waals surface area contributed by atoms with E-state index in [2.05, 4.69) is 10.3 Å². The number of fused-ring (bicyclic) bond motifs is 1. The van der Waals surface area contributed by atoms with Crippen LogP contribution in [0, 0.1) is 0 Å². The van der Waals surface area contributed by atoms with E-state index in [1.54, 1.807) is 37.4 Å². The molecule has 7 heteroatoms. The fourth-order valence-corrected chi connectivity index (χ4v) is 2.59. The van der Waals surface area contributed by atoms with Crippen LogP contribution >= 0.6 is 0 Å². The van der Waals surface area contributed by atoms with Crippen LogP contribution in [0.1, 0.15) is 22.8 Å². The van der Waals surface area contributed by atoms with Gasteiger partial charge in [0.2, 0.25) is 0 Å². The molecule has 0 saturated heterocycles. The molecule has 3 rings (SSSR count). The van der Waals surface area contributed by atoms with E-state index < -0.39 is 5.97 Å². The van der Waals surface area contributed by atoms with Gasteiger partial charge >= 0.3 is 17.1 Å². The van der Waals surface area contributed by atoms with Gasteiger partial charge < -0.3 is 25.4 Å². The molecule has 0 unspecified atom stereocenters. The quantitative estimate of drug-likeness (QED) is 0.317. The Morgan fingerprint density at radius 2 is 1.77 bits per heavy atom. The van der Waals surface area contributed by atoms with E-state index >= 15 is 0 Å². The number of nitrogens with zero attached hydrogens (tertiary/aromatic N) is 1. The molecule has 0 aliphatic carbocycles. The number of aliphatic hydroxyl groups excluding tert-OH is 1. The molecule has 3 aromatic carbocycles. The zero-order valence-electron chi connectivity index (χ0n) is 16.5. The number of carbonyl (C=O) groups is 1. The molecule has 3 aromatic rings. The largest absolute Gasteiger partial charge is 2.00 e. The SMILES string of the molecule is C[C@H](O)CNCCN=Cc1c([O-])ccc2ccccc12.O=C([O-])c1ccccc1.[Cu+2]. The summed E-state index contributed by atoms with van der Waals surface area (Å²) in [6, 6.07) is 19.3. The van der Waals surface area contributed by atoms with Crippen molar-refractivity contribution in [3.05, 3.63) is 77.9 Å². The predicted octanol–water partition coefficient (Wildman–Crippen LogP) is 1.35. The minimum atomic E-state index is -1.13.